The molecule has 0 radical (unpaired) electrons. The van der Waals surface area contributed by atoms with Crippen LogP contribution < -0.4 is 0 Å². The second-order valence-corrected chi connectivity index (χ2v) is 5.55. The molecule has 4 rings (SSSR count). The third-order valence-electron chi connectivity index (χ3n) is 3.81. The van der Waals surface area contributed by atoms with E-state index in [1.54, 1.807) is 18.4 Å². The molecule has 0 aliphatic carbocycles. The molecule has 4 aromatic rings. The fraction of sp³-hybridized carbons (Fsp3) is 0.0500. The molecule has 0 saturated heterocycles. The normalized spacial score (nSPS) is 12.0. The summed E-state index contributed by atoms with van der Waals surface area (Å²) < 4.78 is 11.3. The lowest BCUT2D eigenvalue weighted by molar-refractivity contribution is 0.459. The van der Waals surface area contributed by atoms with Gasteiger partial charge in [0.15, 0.2) is 23.0 Å². The van der Waals surface area contributed by atoms with Crippen LogP contribution in [-0.4, -0.2) is 10.8 Å². The quantitative estimate of drug-likeness (QED) is 0.528. The summed E-state index contributed by atoms with van der Waals surface area (Å²) >= 11 is 0. The van der Waals surface area contributed by atoms with E-state index in [9.17, 15) is 5.11 Å². The van der Waals surface area contributed by atoms with Gasteiger partial charge in [0.25, 0.3) is 0 Å². The number of aryl methyl sites for hydroxylation is 1. The van der Waals surface area contributed by atoms with Crippen molar-refractivity contribution in [3.05, 3.63) is 84.0 Å². The van der Waals surface area contributed by atoms with E-state index in [1.165, 1.54) is 0 Å². The second-order valence-electron chi connectivity index (χ2n) is 5.55. The van der Waals surface area contributed by atoms with Gasteiger partial charge in [0.2, 0.25) is 0 Å². The van der Waals surface area contributed by atoms with Gasteiger partial charge in [0.1, 0.15) is 5.58 Å². The smallest absolute Gasteiger partial charge is 0.199 e. The standard InChI is InChI=1S/C20H15NO3/c1-13-8-10-14(11-9-13)21-18(17-7-4-12-23-17)20-19(22)15-5-2-3-6-16(15)24-20/h2-12,22H,1H3. The summed E-state index contributed by atoms with van der Waals surface area (Å²) in [6, 6.07) is 18.7. The Morgan fingerprint density at radius 3 is 2.46 bits per heavy atom. The van der Waals surface area contributed by atoms with Crippen molar-refractivity contribution in [3.8, 4) is 5.75 Å². The van der Waals surface area contributed by atoms with E-state index in [2.05, 4.69) is 4.99 Å². The SMILES string of the molecule is Cc1ccc(N=C(c2ccco2)c2oc3ccccc3c2O)cc1. The summed E-state index contributed by atoms with van der Waals surface area (Å²) in [7, 11) is 0. The molecule has 0 bridgehead atoms. The zero-order valence-corrected chi connectivity index (χ0v) is 13.1. The van der Waals surface area contributed by atoms with Gasteiger partial charge in [-0.3, -0.25) is 0 Å². The Kier molecular flexibility index (Phi) is 3.43. The number of aliphatic imine (C=N–C) groups is 1. The van der Waals surface area contributed by atoms with Crippen LogP contribution in [0.2, 0.25) is 0 Å². The Morgan fingerprint density at radius 1 is 0.958 bits per heavy atom. The lowest BCUT2D eigenvalue weighted by Crippen LogP contribution is -2.00. The number of hydrogen-bond donors (Lipinski definition) is 1. The zero-order chi connectivity index (χ0) is 16.5. The first kappa shape index (κ1) is 14.3. The number of hydrogen-bond acceptors (Lipinski definition) is 4. The molecule has 4 heteroatoms. The van der Waals surface area contributed by atoms with Crippen molar-refractivity contribution in [2.45, 2.75) is 6.92 Å². The molecule has 0 unspecified atom stereocenters. The number of rotatable bonds is 3. The van der Waals surface area contributed by atoms with Gasteiger partial charge in [-0.1, -0.05) is 29.8 Å². The summed E-state index contributed by atoms with van der Waals surface area (Å²) in [6.45, 7) is 2.02. The summed E-state index contributed by atoms with van der Waals surface area (Å²) in [5.41, 5.74) is 2.97. The first-order valence-electron chi connectivity index (χ1n) is 7.62. The largest absolute Gasteiger partial charge is 0.504 e. The van der Waals surface area contributed by atoms with E-state index < -0.39 is 0 Å². The maximum Gasteiger partial charge on any atom is 0.199 e. The van der Waals surface area contributed by atoms with Crippen molar-refractivity contribution >= 4 is 22.4 Å². The van der Waals surface area contributed by atoms with Crippen LogP contribution in [0, 0.1) is 6.92 Å². The molecule has 0 saturated carbocycles. The van der Waals surface area contributed by atoms with Crippen LogP contribution in [-0.2, 0) is 0 Å². The Hall–Kier alpha value is -3.27. The Bertz CT molecular complexity index is 1010. The van der Waals surface area contributed by atoms with Crippen LogP contribution >= 0.6 is 0 Å². The highest BCUT2D eigenvalue weighted by Crippen LogP contribution is 2.34. The predicted molar refractivity (Wildman–Crippen MR) is 93.1 cm³/mol. The third-order valence-corrected chi connectivity index (χ3v) is 3.81. The maximum atomic E-state index is 10.6. The highest BCUT2D eigenvalue weighted by atomic mass is 16.4. The molecule has 0 atom stereocenters. The average Bonchev–Trinajstić information content (AvgIpc) is 3.24. The lowest BCUT2D eigenvalue weighted by atomic mass is 10.1. The number of nitrogens with zero attached hydrogens (tertiary/aromatic N) is 1. The molecule has 2 heterocycles. The number of aromatic hydroxyl groups is 1. The monoisotopic (exact) mass is 317 g/mol. The topological polar surface area (TPSA) is 58.9 Å². The second kappa shape index (κ2) is 5.74. The number of para-hydroxylation sites is 1. The average molecular weight is 317 g/mol. The van der Waals surface area contributed by atoms with E-state index in [0.717, 1.165) is 11.3 Å². The molecule has 24 heavy (non-hydrogen) atoms. The first-order chi connectivity index (χ1) is 11.7. The molecule has 0 fully saturated rings. The van der Waals surface area contributed by atoms with Crippen molar-refractivity contribution in [1.29, 1.82) is 0 Å². The molecule has 1 N–H and O–H groups in total. The Balaban J connectivity index is 1.92. The van der Waals surface area contributed by atoms with Crippen LogP contribution in [0.25, 0.3) is 11.0 Å². The van der Waals surface area contributed by atoms with Gasteiger partial charge in [0.05, 0.1) is 17.3 Å². The molecule has 4 nitrogen and oxygen atoms in total. The molecular weight excluding hydrogens is 302 g/mol. The fourth-order valence-electron chi connectivity index (χ4n) is 2.57. The summed E-state index contributed by atoms with van der Waals surface area (Å²) in [5.74, 6) is 0.893. The minimum Gasteiger partial charge on any atom is -0.504 e. The molecule has 118 valence electrons. The fourth-order valence-corrected chi connectivity index (χ4v) is 2.57. The molecular formula is C20H15NO3. The molecule has 0 spiro atoms. The van der Waals surface area contributed by atoms with E-state index in [0.29, 0.717) is 28.2 Å². The lowest BCUT2D eigenvalue weighted by Gasteiger charge is -2.02. The predicted octanol–water partition coefficient (Wildman–Crippen LogP) is 5.21. The van der Waals surface area contributed by atoms with Gasteiger partial charge in [-0.2, -0.15) is 0 Å². The summed E-state index contributed by atoms with van der Waals surface area (Å²) in [6.07, 6.45) is 1.57. The number of benzene rings is 2. The van der Waals surface area contributed by atoms with Crippen LogP contribution in [0.15, 0.2) is 80.8 Å². The minimum atomic E-state index is 0.0628. The highest BCUT2D eigenvalue weighted by Gasteiger charge is 2.21. The number of fused-ring (bicyclic) bond motifs is 1. The van der Waals surface area contributed by atoms with E-state index in [1.807, 2.05) is 55.5 Å². The van der Waals surface area contributed by atoms with Gasteiger partial charge < -0.3 is 13.9 Å². The third kappa shape index (κ3) is 2.48. The summed E-state index contributed by atoms with van der Waals surface area (Å²) in [5, 5.41) is 11.2. The molecule has 0 aliphatic heterocycles. The zero-order valence-electron chi connectivity index (χ0n) is 13.1. The van der Waals surface area contributed by atoms with Crippen molar-refractivity contribution < 1.29 is 13.9 Å². The van der Waals surface area contributed by atoms with E-state index in [4.69, 9.17) is 8.83 Å². The first-order valence-corrected chi connectivity index (χ1v) is 7.62. The molecule has 2 aromatic heterocycles. The Labute approximate surface area is 138 Å². The van der Waals surface area contributed by atoms with E-state index >= 15 is 0 Å². The van der Waals surface area contributed by atoms with Crippen LogP contribution in [0.3, 0.4) is 0 Å². The molecule has 0 aliphatic rings. The van der Waals surface area contributed by atoms with Crippen molar-refractivity contribution in [1.82, 2.24) is 0 Å². The van der Waals surface area contributed by atoms with Crippen LogP contribution in [0.1, 0.15) is 17.1 Å². The van der Waals surface area contributed by atoms with Gasteiger partial charge >= 0.3 is 0 Å². The molecule has 0 amide bonds. The maximum absolute atomic E-state index is 10.6. The number of furan rings is 2. The molecule has 2 aromatic carbocycles. The van der Waals surface area contributed by atoms with Gasteiger partial charge in [0, 0.05) is 0 Å². The highest BCUT2D eigenvalue weighted by molar-refractivity contribution is 6.14. The van der Waals surface area contributed by atoms with Gasteiger partial charge in [-0.15, -0.1) is 0 Å². The Morgan fingerprint density at radius 2 is 1.75 bits per heavy atom. The minimum absolute atomic E-state index is 0.0628. The van der Waals surface area contributed by atoms with Crippen molar-refractivity contribution in [2.24, 2.45) is 4.99 Å². The van der Waals surface area contributed by atoms with Gasteiger partial charge in [-0.05, 0) is 43.3 Å². The summed E-state index contributed by atoms with van der Waals surface area (Å²) in [4.78, 5) is 4.64. The van der Waals surface area contributed by atoms with E-state index in [-0.39, 0.29) is 5.75 Å². The van der Waals surface area contributed by atoms with Crippen molar-refractivity contribution in [2.75, 3.05) is 0 Å². The van der Waals surface area contributed by atoms with Crippen LogP contribution in [0.5, 0.6) is 5.75 Å². The van der Waals surface area contributed by atoms with Crippen molar-refractivity contribution in [3.63, 3.8) is 0 Å². The van der Waals surface area contributed by atoms with Gasteiger partial charge in [-0.25, -0.2) is 4.99 Å². The van der Waals surface area contributed by atoms with Crippen LogP contribution in [0.4, 0.5) is 5.69 Å².